The summed E-state index contributed by atoms with van der Waals surface area (Å²) >= 11 is 5.79. The Labute approximate surface area is 102 Å². The molecule has 2 rings (SSSR count). The van der Waals surface area contributed by atoms with E-state index < -0.39 is 5.82 Å². The molecule has 88 valence electrons. The minimum Gasteiger partial charge on any atom is -0.294 e. The fourth-order valence-corrected chi connectivity index (χ4v) is 1.72. The third kappa shape index (κ3) is 2.68. The summed E-state index contributed by atoms with van der Waals surface area (Å²) in [5, 5.41) is 7.63. The lowest BCUT2D eigenvalue weighted by Gasteiger charge is -2.01. The van der Waals surface area contributed by atoms with E-state index in [-0.39, 0.29) is 17.2 Å². The van der Waals surface area contributed by atoms with Crippen molar-refractivity contribution < 1.29 is 9.18 Å². The summed E-state index contributed by atoms with van der Waals surface area (Å²) in [5.74, 6) is -0.679. The van der Waals surface area contributed by atoms with Crippen molar-refractivity contribution in [3.05, 3.63) is 46.5 Å². The molecule has 0 spiro atoms. The highest BCUT2D eigenvalue weighted by atomic mass is 35.5. The van der Waals surface area contributed by atoms with Crippen LogP contribution in [0.3, 0.4) is 0 Å². The fraction of sp³-hybridized carbons (Fsp3) is 0.182. The van der Waals surface area contributed by atoms with Crippen molar-refractivity contribution in [3.63, 3.8) is 0 Å². The van der Waals surface area contributed by atoms with Gasteiger partial charge in [0.25, 0.3) is 0 Å². The summed E-state index contributed by atoms with van der Waals surface area (Å²) in [6.07, 6.45) is 1.74. The average molecular weight is 254 g/mol. The summed E-state index contributed by atoms with van der Waals surface area (Å²) in [4.78, 5) is 11.9. The molecule has 2 aromatic rings. The monoisotopic (exact) mass is 253 g/mol. The maximum Gasteiger partial charge on any atom is 0.170 e. The largest absolute Gasteiger partial charge is 0.294 e. The second-order valence-corrected chi connectivity index (χ2v) is 4.01. The molecule has 0 unspecified atom stereocenters. The molecule has 0 bridgehead atoms. The number of Topliss-reactive ketones (excluding diaryl/α,β-unsaturated/α-hetero) is 1. The van der Waals surface area contributed by atoms with Gasteiger partial charge in [0.2, 0.25) is 0 Å². The van der Waals surface area contributed by atoms with Crippen LogP contribution in [0.5, 0.6) is 0 Å². The number of ketones is 1. The Morgan fingerprint density at radius 3 is 2.88 bits per heavy atom. The first-order valence-corrected chi connectivity index (χ1v) is 5.27. The number of benzene rings is 1. The molecule has 1 aromatic carbocycles. The normalized spacial score (nSPS) is 10.5. The Morgan fingerprint density at radius 1 is 1.53 bits per heavy atom. The van der Waals surface area contributed by atoms with Gasteiger partial charge in [0.15, 0.2) is 5.78 Å². The van der Waals surface area contributed by atoms with Crippen molar-refractivity contribution in [2.24, 2.45) is 7.05 Å². The van der Waals surface area contributed by atoms with Crippen LogP contribution in [0.2, 0.25) is 5.02 Å². The predicted molar refractivity (Wildman–Crippen MR) is 60.4 cm³/mol. The summed E-state index contributed by atoms with van der Waals surface area (Å²) in [6.45, 7) is 0. The van der Waals surface area contributed by atoms with Crippen LogP contribution in [-0.2, 0) is 13.5 Å². The van der Waals surface area contributed by atoms with Crippen molar-refractivity contribution in [3.8, 4) is 0 Å². The molecule has 1 aromatic heterocycles. The van der Waals surface area contributed by atoms with Crippen molar-refractivity contribution in [1.82, 2.24) is 15.0 Å². The van der Waals surface area contributed by atoms with Crippen LogP contribution in [-0.4, -0.2) is 20.8 Å². The molecule has 0 amide bonds. The van der Waals surface area contributed by atoms with Crippen LogP contribution >= 0.6 is 11.6 Å². The van der Waals surface area contributed by atoms with E-state index in [0.717, 1.165) is 6.07 Å². The third-order valence-corrected chi connectivity index (χ3v) is 2.54. The van der Waals surface area contributed by atoms with Crippen molar-refractivity contribution >= 4 is 17.4 Å². The van der Waals surface area contributed by atoms with Crippen LogP contribution in [0, 0.1) is 5.82 Å². The van der Waals surface area contributed by atoms with Crippen LogP contribution in [0.25, 0.3) is 0 Å². The van der Waals surface area contributed by atoms with E-state index in [1.165, 1.54) is 16.8 Å². The maximum absolute atomic E-state index is 12.8. The summed E-state index contributed by atoms with van der Waals surface area (Å²) in [6, 6.07) is 3.69. The van der Waals surface area contributed by atoms with Gasteiger partial charge in [-0.2, -0.15) is 0 Å². The number of hydrogen-bond donors (Lipinski definition) is 0. The molecule has 0 N–H and O–H groups in total. The van der Waals surface area contributed by atoms with E-state index in [1.54, 1.807) is 13.2 Å². The zero-order chi connectivity index (χ0) is 12.4. The minimum atomic E-state index is -0.467. The number of carbonyl (C=O) groups is 1. The van der Waals surface area contributed by atoms with Crippen molar-refractivity contribution in [2.45, 2.75) is 6.42 Å². The molecule has 17 heavy (non-hydrogen) atoms. The molecule has 0 aliphatic heterocycles. The maximum atomic E-state index is 12.8. The Hall–Kier alpha value is -1.75. The molecule has 0 saturated carbocycles. The molecule has 0 atom stereocenters. The first-order valence-electron chi connectivity index (χ1n) is 4.89. The highest BCUT2D eigenvalue weighted by molar-refractivity contribution is 6.34. The van der Waals surface area contributed by atoms with Gasteiger partial charge in [0.1, 0.15) is 5.82 Å². The van der Waals surface area contributed by atoms with Gasteiger partial charge in [0.05, 0.1) is 17.1 Å². The summed E-state index contributed by atoms with van der Waals surface area (Å²) in [5.41, 5.74) is 0.844. The quantitative estimate of drug-likeness (QED) is 0.787. The first-order chi connectivity index (χ1) is 8.06. The topological polar surface area (TPSA) is 47.8 Å². The number of halogens is 2. The first kappa shape index (κ1) is 11.7. The summed E-state index contributed by atoms with van der Waals surface area (Å²) < 4.78 is 14.3. The summed E-state index contributed by atoms with van der Waals surface area (Å²) in [7, 11) is 1.71. The van der Waals surface area contributed by atoms with Gasteiger partial charge in [-0.3, -0.25) is 9.48 Å². The molecular weight excluding hydrogens is 245 g/mol. The van der Waals surface area contributed by atoms with E-state index in [9.17, 15) is 9.18 Å². The van der Waals surface area contributed by atoms with Gasteiger partial charge in [-0.25, -0.2) is 4.39 Å². The minimum absolute atomic E-state index is 0.0964. The lowest BCUT2D eigenvalue weighted by molar-refractivity contribution is 0.0992. The second kappa shape index (κ2) is 4.63. The van der Waals surface area contributed by atoms with E-state index in [0.29, 0.717) is 11.3 Å². The Morgan fingerprint density at radius 2 is 2.29 bits per heavy atom. The third-order valence-electron chi connectivity index (χ3n) is 2.22. The van der Waals surface area contributed by atoms with Gasteiger partial charge in [-0.15, -0.1) is 5.10 Å². The second-order valence-electron chi connectivity index (χ2n) is 3.61. The van der Waals surface area contributed by atoms with E-state index >= 15 is 0 Å². The predicted octanol–water partition coefficient (Wildman–Crippen LogP) is 2.03. The molecule has 0 radical (unpaired) electrons. The smallest absolute Gasteiger partial charge is 0.170 e. The Bertz CT molecular complexity index is 568. The molecular formula is C11H9ClFN3O. The molecule has 0 fully saturated rings. The van der Waals surface area contributed by atoms with Crippen molar-refractivity contribution in [2.75, 3.05) is 0 Å². The molecule has 0 aliphatic carbocycles. The highest BCUT2D eigenvalue weighted by Gasteiger charge is 2.13. The van der Waals surface area contributed by atoms with Crippen LogP contribution in [0.15, 0.2) is 24.4 Å². The lowest BCUT2D eigenvalue weighted by atomic mass is 10.1. The number of hydrogen-bond acceptors (Lipinski definition) is 3. The van der Waals surface area contributed by atoms with E-state index in [2.05, 4.69) is 10.3 Å². The molecule has 0 saturated heterocycles. The zero-order valence-electron chi connectivity index (χ0n) is 9.02. The average Bonchev–Trinajstić information content (AvgIpc) is 2.63. The zero-order valence-corrected chi connectivity index (χ0v) is 9.78. The van der Waals surface area contributed by atoms with E-state index in [4.69, 9.17) is 11.6 Å². The van der Waals surface area contributed by atoms with Gasteiger partial charge >= 0.3 is 0 Å². The molecule has 0 aliphatic rings. The molecule has 6 heteroatoms. The van der Waals surface area contributed by atoms with Crippen LogP contribution < -0.4 is 0 Å². The number of carbonyl (C=O) groups excluding carboxylic acids is 1. The lowest BCUT2D eigenvalue weighted by Crippen LogP contribution is -2.05. The molecule has 1 heterocycles. The fourth-order valence-electron chi connectivity index (χ4n) is 1.45. The number of aryl methyl sites for hydroxylation is 1. The van der Waals surface area contributed by atoms with Gasteiger partial charge in [-0.1, -0.05) is 16.8 Å². The molecule has 4 nitrogen and oxygen atoms in total. The SMILES string of the molecule is Cn1cc(CC(=O)c2ccc(F)cc2Cl)nn1. The Kier molecular flexibility index (Phi) is 3.19. The number of nitrogens with zero attached hydrogens (tertiary/aromatic N) is 3. The van der Waals surface area contributed by atoms with Crippen molar-refractivity contribution in [1.29, 1.82) is 0 Å². The van der Waals surface area contributed by atoms with Gasteiger partial charge < -0.3 is 0 Å². The van der Waals surface area contributed by atoms with Gasteiger partial charge in [0, 0.05) is 18.8 Å². The standard InChI is InChI=1S/C11H9ClFN3O/c1-16-6-8(14-15-16)5-11(17)9-3-2-7(13)4-10(9)12/h2-4,6H,5H2,1H3. The van der Waals surface area contributed by atoms with Crippen LogP contribution in [0.1, 0.15) is 16.1 Å². The van der Waals surface area contributed by atoms with E-state index in [1.807, 2.05) is 0 Å². The Balaban J connectivity index is 2.20. The number of rotatable bonds is 3. The highest BCUT2D eigenvalue weighted by Crippen LogP contribution is 2.18. The van der Waals surface area contributed by atoms with Crippen LogP contribution in [0.4, 0.5) is 4.39 Å². The number of aromatic nitrogens is 3. The van der Waals surface area contributed by atoms with Gasteiger partial charge in [-0.05, 0) is 18.2 Å².